The van der Waals surface area contributed by atoms with Crippen molar-refractivity contribution in [2.75, 3.05) is 19.7 Å². The van der Waals surface area contributed by atoms with Crippen LogP contribution in [0.15, 0.2) is 48.5 Å². The van der Waals surface area contributed by atoms with Crippen LogP contribution in [0.25, 0.3) is 11.1 Å². The molecule has 1 aliphatic carbocycles. The van der Waals surface area contributed by atoms with E-state index in [4.69, 9.17) is 4.74 Å². The number of nitrogens with zero attached hydrogens (tertiary/aromatic N) is 1. The molecule has 0 aromatic heterocycles. The average molecular weight is 479 g/mol. The number of hydrogen-bond donors (Lipinski definition) is 2. The van der Waals surface area contributed by atoms with Crippen LogP contribution in [0, 0.1) is 11.3 Å². The molecule has 0 saturated carbocycles. The molecule has 186 valence electrons. The van der Waals surface area contributed by atoms with Crippen molar-refractivity contribution in [2.45, 2.75) is 52.0 Å². The number of rotatable bonds is 7. The Bertz CT molecular complexity index is 1100. The van der Waals surface area contributed by atoms with Gasteiger partial charge >= 0.3 is 12.1 Å². The highest BCUT2D eigenvalue weighted by atomic mass is 16.5. The van der Waals surface area contributed by atoms with Crippen molar-refractivity contribution < 1.29 is 24.2 Å². The number of nitrogens with one attached hydrogen (secondary N) is 1. The first-order valence-corrected chi connectivity index (χ1v) is 12.3. The van der Waals surface area contributed by atoms with E-state index >= 15 is 0 Å². The summed E-state index contributed by atoms with van der Waals surface area (Å²) in [5.41, 5.74) is 2.34. The smallest absolute Gasteiger partial charge is 0.408 e. The van der Waals surface area contributed by atoms with E-state index in [0.717, 1.165) is 22.3 Å². The van der Waals surface area contributed by atoms with Gasteiger partial charge in [-0.25, -0.2) is 4.79 Å². The van der Waals surface area contributed by atoms with E-state index < -0.39 is 23.0 Å². The summed E-state index contributed by atoms with van der Waals surface area (Å²) in [5.74, 6) is -1.45. The van der Waals surface area contributed by atoms with Gasteiger partial charge in [0, 0.05) is 19.0 Å². The van der Waals surface area contributed by atoms with E-state index in [2.05, 4.69) is 29.6 Å². The largest absolute Gasteiger partial charge is 0.481 e. The molecule has 0 bridgehead atoms. The van der Waals surface area contributed by atoms with Crippen molar-refractivity contribution in [3.63, 3.8) is 0 Å². The molecular formula is C28H34N2O5. The first-order valence-electron chi connectivity index (χ1n) is 12.3. The Morgan fingerprint density at radius 3 is 2.20 bits per heavy atom. The molecule has 1 heterocycles. The number of amides is 2. The maximum atomic E-state index is 13.5. The number of carbonyl (C=O) groups excluding carboxylic acids is 2. The summed E-state index contributed by atoms with van der Waals surface area (Å²) < 4.78 is 5.68. The fourth-order valence-electron chi connectivity index (χ4n) is 5.51. The fourth-order valence-corrected chi connectivity index (χ4v) is 5.51. The molecule has 0 spiro atoms. The van der Waals surface area contributed by atoms with E-state index in [0.29, 0.717) is 19.4 Å². The molecular weight excluding hydrogens is 444 g/mol. The standard InChI is InChI=1S/C28H34N2O5/c1-5-14-28(4,24(31)30-15-18(2)27(3,17-30)25(32)33)29-26(34)35-16-23-21-12-8-6-10-19(21)20-11-7-9-13-22(20)23/h6-13,18,23H,5,14-17H2,1-4H3,(H,29,34)(H,32,33)/t18-,27-,28?/m0/s1. The molecule has 0 radical (unpaired) electrons. The van der Waals surface area contributed by atoms with Crippen LogP contribution in [0.1, 0.15) is 57.6 Å². The predicted octanol–water partition coefficient (Wildman–Crippen LogP) is 4.65. The summed E-state index contributed by atoms with van der Waals surface area (Å²) in [6, 6.07) is 16.2. The molecule has 2 aromatic carbocycles. The zero-order chi connectivity index (χ0) is 25.4. The monoisotopic (exact) mass is 478 g/mol. The molecule has 1 aliphatic heterocycles. The second-order valence-electron chi connectivity index (χ2n) is 10.3. The van der Waals surface area contributed by atoms with Gasteiger partial charge in [-0.3, -0.25) is 9.59 Å². The Balaban J connectivity index is 1.46. The van der Waals surface area contributed by atoms with Crippen LogP contribution in [0.2, 0.25) is 0 Å². The molecule has 1 unspecified atom stereocenters. The Hall–Kier alpha value is -3.35. The van der Waals surface area contributed by atoms with Crippen LogP contribution in [0.4, 0.5) is 4.79 Å². The lowest BCUT2D eigenvalue weighted by Crippen LogP contribution is -2.58. The molecule has 1 saturated heterocycles. The number of aliphatic carboxylic acids is 1. The highest BCUT2D eigenvalue weighted by Gasteiger charge is 2.50. The molecule has 2 aromatic rings. The Morgan fingerprint density at radius 1 is 1.11 bits per heavy atom. The maximum absolute atomic E-state index is 13.5. The topological polar surface area (TPSA) is 95.9 Å². The van der Waals surface area contributed by atoms with Gasteiger partial charge in [0.25, 0.3) is 0 Å². The minimum absolute atomic E-state index is 0.0722. The Kier molecular flexibility index (Phi) is 6.62. The lowest BCUT2D eigenvalue weighted by atomic mass is 9.81. The predicted molar refractivity (Wildman–Crippen MR) is 133 cm³/mol. The van der Waals surface area contributed by atoms with Gasteiger partial charge in [-0.1, -0.05) is 68.8 Å². The van der Waals surface area contributed by atoms with Crippen LogP contribution in [-0.4, -0.2) is 53.2 Å². The van der Waals surface area contributed by atoms with Gasteiger partial charge < -0.3 is 20.1 Å². The van der Waals surface area contributed by atoms with E-state index in [1.54, 1.807) is 18.7 Å². The first kappa shape index (κ1) is 24.8. The summed E-state index contributed by atoms with van der Waals surface area (Å²) in [6.07, 6.45) is 0.445. The maximum Gasteiger partial charge on any atom is 0.408 e. The number of hydrogen-bond acceptors (Lipinski definition) is 4. The van der Waals surface area contributed by atoms with Crippen LogP contribution >= 0.6 is 0 Å². The number of ether oxygens (including phenoxy) is 1. The number of fused-ring (bicyclic) bond motifs is 3. The number of carboxylic acids is 1. The van der Waals surface area contributed by atoms with E-state index in [9.17, 15) is 19.5 Å². The SMILES string of the molecule is CCCC(C)(NC(=O)OCC1c2ccccc2-c2ccccc21)C(=O)N1C[C@H](C)[C@@](C)(C(=O)O)C1. The number of alkyl carbamates (subject to hydrolysis) is 1. The van der Waals surface area contributed by atoms with Gasteiger partial charge in [-0.2, -0.15) is 0 Å². The fraction of sp³-hybridized carbons (Fsp3) is 0.464. The van der Waals surface area contributed by atoms with Crippen molar-refractivity contribution in [3.8, 4) is 11.1 Å². The zero-order valence-electron chi connectivity index (χ0n) is 20.8. The second kappa shape index (κ2) is 9.36. The molecule has 2 amide bonds. The minimum Gasteiger partial charge on any atom is -0.481 e. The van der Waals surface area contributed by atoms with E-state index in [1.807, 2.05) is 38.1 Å². The van der Waals surface area contributed by atoms with Crippen LogP contribution in [0.5, 0.6) is 0 Å². The summed E-state index contributed by atoms with van der Waals surface area (Å²) in [5, 5.41) is 12.5. The average Bonchev–Trinajstić information content (AvgIpc) is 3.32. The van der Waals surface area contributed by atoms with Gasteiger partial charge in [0.1, 0.15) is 12.1 Å². The van der Waals surface area contributed by atoms with Gasteiger partial charge in [-0.05, 0) is 48.4 Å². The van der Waals surface area contributed by atoms with Gasteiger partial charge in [-0.15, -0.1) is 0 Å². The summed E-state index contributed by atoms with van der Waals surface area (Å²) in [7, 11) is 0. The van der Waals surface area contributed by atoms with Crippen LogP contribution in [0.3, 0.4) is 0 Å². The summed E-state index contributed by atoms with van der Waals surface area (Å²) >= 11 is 0. The molecule has 2 aliphatic rings. The number of carboxylic acid groups (broad SMARTS) is 1. The van der Waals surface area contributed by atoms with Crippen molar-refractivity contribution >= 4 is 18.0 Å². The Labute approximate surface area is 206 Å². The normalized spacial score (nSPS) is 22.7. The molecule has 7 heteroatoms. The number of likely N-dealkylation sites (tertiary alicyclic amines) is 1. The third-order valence-corrected chi connectivity index (χ3v) is 7.82. The summed E-state index contributed by atoms with van der Waals surface area (Å²) in [4.78, 5) is 39.8. The lowest BCUT2D eigenvalue weighted by molar-refractivity contribution is -0.149. The Morgan fingerprint density at radius 2 is 1.69 bits per heavy atom. The quantitative estimate of drug-likeness (QED) is 0.604. The molecule has 4 rings (SSSR count). The molecule has 7 nitrogen and oxygen atoms in total. The van der Waals surface area contributed by atoms with Crippen molar-refractivity contribution in [3.05, 3.63) is 59.7 Å². The van der Waals surface area contributed by atoms with Crippen molar-refractivity contribution in [1.29, 1.82) is 0 Å². The lowest BCUT2D eigenvalue weighted by Gasteiger charge is -2.33. The highest BCUT2D eigenvalue weighted by Crippen LogP contribution is 2.44. The molecule has 3 atom stereocenters. The third kappa shape index (κ3) is 4.40. The molecule has 2 N–H and O–H groups in total. The zero-order valence-corrected chi connectivity index (χ0v) is 20.8. The summed E-state index contributed by atoms with van der Waals surface area (Å²) in [6.45, 7) is 7.77. The van der Waals surface area contributed by atoms with Crippen molar-refractivity contribution in [2.24, 2.45) is 11.3 Å². The third-order valence-electron chi connectivity index (χ3n) is 7.82. The number of carbonyl (C=O) groups is 3. The van der Waals surface area contributed by atoms with Gasteiger partial charge in [0.15, 0.2) is 0 Å². The van der Waals surface area contributed by atoms with Gasteiger partial charge in [0.2, 0.25) is 5.91 Å². The molecule has 1 fully saturated rings. The first-order chi connectivity index (χ1) is 16.6. The van der Waals surface area contributed by atoms with E-state index in [-0.39, 0.29) is 30.9 Å². The van der Waals surface area contributed by atoms with E-state index in [1.165, 1.54) is 0 Å². The van der Waals surface area contributed by atoms with Crippen LogP contribution in [-0.2, 0) is 14.3 Å². The second-order valence-corrected chi connectivity index (χ2v) is 10.3. The van der Waals surface area contributed by atoms with Crippen LogP contribution < -0.4 is 5.32 Å². The van der Waals surface area contributed by atoms with Gasteiger partial charge in [0.05, 0.1) is 5.41 Å². The molecule has 35 heavy (non-hydrogen) atoms. The highest BCUT2D eigenvalue weighted by molar-refractivity contribution is 5.91. The minimum atomic E-state index is -1.18. The number of benzene rings is 2. The van der Waals surface area contributed by atoms with Crippen molar-refractivity contribution in [1.82, 2.24) is 10.2 Å².